The van der Waals surface area contributed by atoms with Gasteiger partial charge in [0.1, 0.15) is 11.5 Å². The van der Waals surface area contributed by atoms with Crippen molar-refractivity contribution in [1.82, 2.24) is 5.32 Å². The predicted octanol–water partition coefficient (Wildman–Crippen LogP) is 4.59. The Morgan fingerprint density at radius 3 is 2.48 bits per heavy atom. The van der Waals surface area contributed by atoms with E-state index in [9.17, 15) is 9.59 Å². The van der Waals surface area contributed by atoms with Crippen LogP contribution in [-0.4, -0.2) is 25.4 Å². The van der Waals surface area contributed by atoms with Gasteiger partial charge in [-0.1, -0.05) is 39.0 Å². The van der Waals surface area contributed by atoms with Crippen molar-refractivity contribution in [2.75, 3.05) is 13.7 Å². The molecule has 5 nitrogen and oxygen atoms in total. The van der Waals surface area contributed by atoms with Gasteiger partial charge in [-0.15, -0.1) is 0 Å². The molecule has 29 heavy (non-hydrogen) atoms. The van der Waals surface area contributed by atoms with Crippen molar-refractivity contribution in [2.24, 2.45) is 5.92 Å². The first-order chi connectivity index (χ1) is 13.8. The minimum Gasteiger partial charge on any atom is -0.497 e. The molecule has 0 aromatic heterocycles. The molecule has 0 spiro atoms. The van der Waals surface area contributed by atoms with Gasteiger partial charge in [-0.3, -0.25) is 9.59 Å². The normalized spacial score (nSPS) is 16.5. The van der Waals surface area contributed by atoms with Crippen molar-refractivity contribution in [3.8, 4) is 11.5 Å². The summed E-state index contributed by atoms with van der Waals surface area (Å²) in [5, 5.41) is 3.05. The van der Waals surface area contributed by atoms with E-state index in [1.807, 2.05) is 37.3 Å². The fourth-order valence-corrected chi connectivity index (χ4v) is 4.03. The Labute approximate surface area is 172 Å². The number of amides is 1. The number of rotatable bonds is 7. The highest BCUT2D eigenvalue weighted by Crippen LogP contribution is 2.40. The van der Waals surface area contributed by atoms with Gasteiger partial charge in [-0.25, -0.2) is 0 Å². The number of hydrogen-bond donors (Lipinski definition) is 1. The summed E-state index contributed by atoms with van der Waals surface area (Å²) < 4.78 is 11.0. The van der Waals surface area contributed by atoms with Crippen molar-refractivity contribution < 1.29 is 19.1 Å². The Morgan fingerprint density at radius 1 is 1.17 bits per heavy atom. The van der Waals surface area contributed by atoms with Gasteiger partial charge in [0.15, 0.2) is 12.4 Å². The molecule has 2 atom stereocenters. The lowest BCUT2D eigenvalue weighted by atomic mass is 9.96. The van der Waals surface area contributed by atoms with E-state index in [1.54, 1.807) is 13.2 Å². The van der Waals surface area contributed by atoms with E-state index >= 15 is 0 Å². The van der Waals surface area contributed by atoms with E-state index in [4.69, 9.17) is 9.47 Å². The van der Waals surface area contributed by atoms with Crippen LogP contribution in [0.3, 0.4) is 0 Å². The molecule has 1 aliphatic rings. The van der Waals surface area contributed by atoms with Crippen LogP contribution in [-0.2, 0) is 4.79 Å². The first-order valence-electron chi connectivity index (χ1n) is 10.0. The fraction of sp³-hybridized carbons (Fsp3) is 0.417. The maximum atomic E-state index is 12.6. The van der Waals surface area contributed by atoms with Crippen molar-refractivity contribution >= 4 is 11.7 Å². The molecule has 5 heteroatoms. The van der Waals surface area contributed by atoms with E-state index in [-0.39, 0.29) is 36.2 Å². The average Bonchev–Trinajstić information content (AvgIpc) is 3.00. The maximum Gasteiger partial charge on any atom is 0.258 e. The smallest absolute Gasteiger partial charge is 0.258 e. The summed E-state index contributed by atoms with van der Waals surface area (Å²) in [4.78, 5) is 25.0. The van der Waals surface area contributed by atoms with E-state index in [1.165, 1.54) is 0 Å². The van der Waals surface area contributed by atoms with Crippen molar-refractivity contribution in [3.63, 3.8) is 0 Å². The minimum atomic E-state index is -0.215. The fourth-order valence-electron chi connectivity index (χ4n) is 4.03. The number of ketones is 1. The molecule has 0 saturated heterocycles. The molecule has 1 amide bonds. The number of hydrogen-bond acceptors (Lipinski definition) is 4. The van der Waals surface area contributed by atoms with Gasteiger partial charge in [-0.2, -0.15) is 0 Å². The number of ether oxygens (including phenoxy) is 2. The van der Waals surface area contributed by atoms with Crippen LogP contribution < -0.4 is 14.8 Å². The summed E-state index contributed by atoms with van der Waals surface area (Å²) in [6.07, 6.45) is 0.496. The zero-order chi connectivity index (χ0) is 21.1. The SMILES string of the molecule is COc1ccc([C@H](NC(=O)COc2ccc(C)c3c2C(=O)C[C@H]3C)C(C)C)cc1. The lowest BCUT2D eigenvalue weighted by Gasteiger charge is -2.23. The van der Waals surface area contributed by atoms with Crippen molar-refractivity contribution in [2.45, 2.75) is 46.1 Å². The minimum absolute atomic E-state index is 0.0879. The molecule has 1 aliphatic carbocycles. The van der Waals surface area contributed by atoms with Crippen molar-refractivity contribution in [3.05, 3.63) is 58.7 Å². The first kappa shape index (κ1) is 20.9. The number of carbonyl (C=O) groups excluding carboxylic acids is 2. The molecule has 2 aromatic rings. The van der Waals surface area contributed by atoms with Crippen LogP contribution in [0.2, 0.25) is 0 Å². The average molecular weight is 395 g/mol. The molecule has 0 unspecified atom stereocenters. The summed E-state index contributed by atoms with van der Waals surface area (Å²) >= 11 is 0. The van der Waals surface area contributed by atoms with Gasteiger partial charge in [0.05, 0.1) is 18.7 Å². The Bertz CT molecular complexity index is 902. The molecular weight excluding hydrogens is 366 g/mol. The molecular formula is C24H29NO4. The maximum absolute atomic E-state index is 12.6. The number of methoxy groups -OCH3 is 1. The Morgan fingerprint density at radius 2 is 1.86 bits per heavy atom. The Kier molecular flexibility index (Phi) is 6.26. The topological polar surface area (TPSA) is 64.6 Å². The Hall–Kier alpha value is -2.82. The van der Waals surface area contributed by atoms with Crippen molar-refractivity contribution in [1.29, 1.82) is 0 Å². The molecule has 0 fully saturated rings. The van der Waals surface area contributed by atoms with Crippen LogP contribution in [0, 0.1) is 12.8 Å². The van der Waals surface area contributed by atoms with Gasteiger partial charge in [0.2, 0.25) is 0 Å². The molecule has 0 aliphatic heterocycles. The zero-order valence-corrected chi connectivity index (χ0v) is 17.7. The highest BCUT2D eigenvalue weighted by Gasteiger charge is 2.31. The molecule has 1 N–H and O–H groups in total. The van der Waals surface area contributed by atoms with E-state index in [0.717, 1.165) is 22.4 Å². The van der Waals surface area contributed by atoms with E-state index in [0.29, 0.717) is 17.7 Å². The number of Topliss-reactive ketones (excluding diaryl/α,β-unsaturated/α-hetero) is 1. The summed E-state index contributed by atoms with van der Waals surface area (Å²) in [5.74, 6) is 1.55. The van der Waals surface area contributed by atoms with Crippen LogP contribution >= 0.6 is 0 Å². The molecule has 0 radical (unpaired) electrons. The summed E-state index contributed by atoms with van der Waals surface area (Å²) in [7, 11) is 1.63. The van der Waals surface area contributed by atoms with Crippen LogP contribution in [0.5, 0.6) is 11.5 Å². The highest BCUT2D eigenvalue weighted by atomic mass is 16.5. The van der Waals surface area contributed by atoms with E-state index < -0.39 is 0 Å². The number of nitrogens with one attached hydrogen (secondary N) is 1. The molecule has 154 valence electrons. The lowest BCUT2D eigenvalue weighted by molar-refractivity contribution is -0.124. The number of benzene rings is 2. The third kappa shape index (κ3) is 4.44. The number of aryl methyl sites for hydroxylation is 1. The molecule has 0 heterocycles. The second-order valence-electron chi connectivity index (χ2n) is 8.05. The van der Waals surface area contributed by atoms with E-state index in [2.05, 4.69) is 26.1 Å². The predicted molar refractivity (Wildman–Crippen MR) is 113 cm³/mol. The molecule has 0 bridgehead atoms. The summed E-state index contributed by atoms with van der Waals surface area (Å²) in [6.45, 7) is 8.05. The largest absolute Gasteiger partial charge is 0.497 e. The standard InChI is InChI=1S/C24H29NO4/c1-14(2)24(17-7-9-18(28-5)10-8-17)25-21(27)13-29-20-11-6-15(3)22-16(4)12-19(26)23(20)22/h6-11,14,16,24H,12-13H2,1-5H3,(H,25,27)/t16-,24-/m1/s1. The molecule has 0 saturated carbocycles. The van der Waals surface area contributed by atoms with Crippen LogP contribution in [0.1, 0.15) is 66.2 Å². The van der Waals surface area contributed by atoms with Gasteiger partial charge in [0, 0.05) is 6.42 Å². The number of carbonyl (C=O) groups is 2. The van der Waals surface area contributed by atoms with Gasteiger partial charge in [0.25, 0.3) is 5.91 Å². The highest BCUT2D eigenvalue weighted by molar-refractivity contribution is 6.04. The van der Waals surface area contributed by atoms with Crippen LogP contribution in [0.25, 0.3) is 0 Å². The zero-order valence-electron chi connectivity index (χ0n) is 17.7. The third-order valence-corrected chi connectivity index (χ3v) is 5.51. The summed E-state index contributed by atoms with van der Waals surface area (Å²) in [6, 6.07) is 11.3. The van der Waals surface area contributed by atoms with Crippen LogP contribution in [0.15, 0.2) is 36.4 Å². The molecule has 2 aromatic carbocycles. The van der Waals surface area contributed by atoms with Gasteiger partial charge >= 0.3 is 0 Å². The van der Waals surface area contributed by atoms with Gasteiger partial charge < -0.3 is 14.8 Å². The second-order valence-corrected chi connectivity index (χ2v) is 8.05. The lowest BCUT2D eigenvalue weighted by Crippen LogP contribution is -2.35. The Balaban J connectivity index is 1.70. The third-order valence-electron chi connectivity index (χ3n) is 5.51. The number of fused-ring (bicyclic) bond motifs is 1. The summed E-state index contributed by atoms with van der Waals surface area (Å²) in [5.41, 5.74) is 3.79. The monoisotopic (exact) mass is 395 g/mol. The molecule has 3 rings (SSSR count). The first-order valence-corrected chi connectivity index (χ1v) is 10.0. The van der Waals surface area contributed by atoms with Gasteiger partial charge in [-0.05, 0) is 53.6 Å². The quantitative estimate of drug-likeness (QED) is 0.745. The van der Waals surface area contributed by atoms with Crippen LogP contribution in [0.4, 0.5) is 0 Å². The second kappa shape index (κ2) is 8.68.